The first-order valence-corrected chi connectivity index (χ1v) is 21.6. The first-order chi connectivity index (χ1) is 29.3. The Morgan fingerprint density at radius 2 is 1.13 bits per heavy atom. The number of nitrogens with zero attached hydrogens (tertiary/aromatic N) is 5. The molecule has 2 aromatic heterocycles. The van der Waals surface area contributed by atoms with Gasteiger partial charge in [-0.3, -0.25) is 14.6 Å². The van der Waals surface area contributed by atoms with Crippen molar-refractivity contribution in [2.75, 3.05) is 27.3 Å². The minimum absolute atomic E-state index is 0. The van der Waals surface area contributed by atoms with Crippen molar-refractivity contribution in [1.29, 1.82) is 0 Å². The van der Waals surface area contributed by atoms with Crippen molar-refractivity contribution < 1.29 is 28.9 Å². The topological polar surface area (TPSA) is 167 Å². The summed E-state index contributed by atoms with van der Waals surface area (Å²) in [6, 6.07) is 21.3. The lowest BCUT2D eigenvalue weighted by Crippen LogP contribution is -2.42. The molecule has 0 bridgehead atoms. The van der Waals surface area contributed by atoms with Crippen LogP contribution in [0.25, 0.3) is 44.3 Å². The molecule has 4 fully saturated rings. The molecule has 4 heterocycles. The van der Waals surface area contributed by atoms with Crippen LogP contribution in [0.3, 0.4) is 0 Å². The number of imidazole rings is 2. The molecular formula is C46H58N8O6S2. The van der Waals surface area contributed by atoms with Gasteiger partial charge in [-0.2, -0.15) is 31.9 Å². The van der Waals surface area contributed by atoms with Crippen LogP contribution >= 0.6 is 27.0 Å². The number of rotatable bonds is 10. The number of nitrogens with one attached hydrogen (secondary N) is 3. The zero-order valence-electron chi connectivity index (χ0n) is 35.4. The third kappa shape index (κ3) is 9.47. The highest BCUT2D eigenvalue weighted by Gasteiger charge is 2.39. The number of aromatic nitrogens is 4. The van der Waals surface area contributed by atoms with Crippen LogP contribution in [0.2, 0.25) is 0 Å². The monoisotopic (exact) mass is 882 g/mol. The molecule has 2 saturated carbocycles. The predicted octanol–water partition coefficient (Wildman–Crippen LogP) is 8.41. The molecule has 3 N–H and O–H groups in total. The van der Waals surface area contributed by atoms with Gasteiger partial charge in [0, 0.05) is 31.0 Å². The molecule has 3 aromatic carbocycles. The summed E-state index contributed by atoms with van der Waals surface area (Å²) in [6.07, 6.45) is 11.1. The second-order valence-corrected chi connectivity index (χ2v) is 16.9. The fourth-order valence-electron chi connectivity index (χ4n) is 10.0. The number of aliphatic imine (C=N–C) groups is 1. The van der Waals surface area contributed by atoms with Crippen LogP contribution in [0, 0.1) is 11.8 Å². The zero-order valence-corrected chi connectivity index (χ0v) is 37.4. The van der Waals surface area contributed by atoms with Crippen LogP contribution in [0.4, 0.5) is 4.79 Å². The summed E-state index contributed by atoms with van der Waals surface area (Å²) in [5.41, 5.74) is 8.09. The average molecular weight is 883 g/mol. The van der Waals surface area contributed by atoms with E-state index < -0.39 is 6.09 Å². The number of aromatic amines is 2. The molecule has 62 heavy (non-hydrogen) atoms. The summed E-state index contributed by atoms with van der Waals surface area (Å²) in [5.74, 6) is 2.10. The van der Waals surface area contributed by atoms with Crippen LogP contribution < -0.4 is 5.32 Å². The summed E-state index contributed by atoms with van der Waals surface area (Å²) < 4.78 is 4.75. The van der Waals surface area contributed by atoms with E-state index in [-0.39, 0.29) is 74.8 Å². The highest BCUT2D eigenvalue weighted by molar-refractivity contribution is 7.59. The number of benzene rings is 3. The van der Waals surface area contributed by atoms with E-state index in [1.807, 2.05) is 9.80 Å². The Kier molecular flexibility index (Phi) is 14.5. The van der Waals surface area contributed by atoms with Crippen molar-refractivity contribution in [3.8, 4) is 22.3 Å². The minimum Gasteiger partial charge on any atom is -0.453 e. The van der Waals surface area contributed by atoms with Crippen LogP contribution in [0.15, 0.2) is 65.7 Å². The smallest absolute Gasteiger partial charge is 0.407 e. The first-order valence-electron chi connectivity index (χ1n) is 21.6. The Morgan fingerprint density at radius 1 is 0.661 bits per heavy atom. The summed E-state index contributed by atoms with van der Waals surface area (Å²) in [6.45, 7) is 1.49. The maximum Gasteiger partial charge on any atom is 0.407 e. The van der Waals surface area contributed by atoms with E-state index in [1.165, 1.54) is 20.6 Å². The number of carbonyl (C=O) groups is 3. The SMILES string of the molecule is COOC=NC1CCC(C(=O)N2CCC[C@H]2c2nc3ccc(-c4ccc(-c5ccc6nc([C@@H]7CCCN7C(=O)C7CCC(NC(=O)OC)CC7)[nH]c6c5)cc4)cc3[nH]2)CC1.S.S. The van der Waals surface area contributed by atoms with Crippen LogP contribution in [-0.2, 0) is 24.1 Å². The molecular weight excluding hydrogens is 825 g/mol. The number of hydrogen-bond acceptors (Lipinski definition) is 9. The normalized spacial score (nSPS) is 23.9. The van der Waals surface area contributed by atoms with E-state index in [2.05, 4.69) is 85.8 Å². The number of amides is 3. The Morgan fingerprint density at radius 3 is 1.60 bits per heavy atom. The van der Waals surface area contributed by atoms with E-state index in [4.69, 9.17) is 19.6 Å². The molecule has 2 aliphatic carbocycles. The van der Waals surface area contributed by atoms with Gasteiger partial charge in [0.25, 0.3) is 0 Å². The van der Waals surface area contributed by atoms with E-state index in [1.54, 1.807) is 0 Å². The van der Waals surface area contributed by atoms with Crippen LogP contribution in [-0.4, -0.2) is 93.4 Å². The molecule has 2 atom stereocenters. The molecule has 0 spiro atoms. The quantitative estimate of drug-likeness (QED) is 0.0544. The largest absolute Gasteiger partial charge is 0.453 e. The zero-order chi connectivity index (χ0) is 41.2. The Balaban J connectivity index is 0.00000289. The third-order valence-corrected chi connectivity index (χ3v) is 13.3. The van der Waals surface area contributed by atoms with E-state index >= 15 is 0 Å². The molecule has 0 radical (unpaired) electrons. The number of hydrogen-bond donors (Lipinski definition) is 3. The van der Waals surface area contributed by atoms with Crippen molar-refractivity contribution >= 4 is 73.4 Å². The Hall–Kier alpha value is -5.06. The second-order valence-electron chi connectivity index (χ2n) is 16.9. The molecule has 3 amide bonds. The minimum atomic E-state index is -0.414. The number of likely N-dealkylation sites (tertiary alicyclic amines) is 2. The van der Waals surface area contributed by atoms with Gasteiger partial charge >= 0.3 is 6.09 Å². The van der Waals surface area contributed by atoms with Gasteiger partial charge in [0.1, 0.15) is 11.6 Å². The number of alkyl carbamates (subject to hydrolysis) is 1. The Bertz CT molecular complexity index is 2370. The highest BCUT2D eigenvalue weighted by atomic mass is 32.1. The predicted molar refractivity (Wildman–Crippen MR) is 248 cm³/mol. The van der Waals surface area contributed by atoms with Crippen molar-refractivity contribution in [3.05, 3.63) is 72.3 Å². The number of H-pyrrole nitrogens is 2. The van der Waals surface area contributed by atoms with Gasteiger partial charge in [0.15, 0.2) is 0 Å². The van der Waals surface area contributed by atoms with Crippen molar-refractivity contribution in [2.45, 2.75) is 101 Å². The number of carbonyl (C=O) groups excluding carboxylic acids is 3. The van der Waals surface area contributed by atoms with E-state index in [0.717, 1.165) is 146 Å². The van der Waals surface area contributed by atoms with Crippen molar-refractivity contribution in [3.63, 3.8) is 0 Å². The molecule has 2 saturated heterocycles. The summed E-state index contributed by atoms with van der Waals surface area (Å²) in [7, 11) is 2.83. The molecule has 2 aliphatic heterocycles. The fraction of sp³-hybridized carbons (Fsp3) is 0.478. The molecule has 16 heteroatoms. The number of fused-ring (bicyclic) bond motifs is 2. The lowest BCUT2D eigenvalue weighted by molar-refractivity contribution is -0.188. The fourth-order valence-corrected chi connectivity index (χ4v) is 10.0. The molecule has 9 rings (SSSR count). The standard InChI is InChI=1S/C46H54N8O6.2H2S/c1-58-46(57)48-35-19-13-31(14-20-35)45(56)54-24-4-6-41(54)43-50-37-22-16-33(26-39(37)52-43)29-9-7-28(8-10-29)32-15-21-36-38(25-32)51-42(49-36)40-5-3-23-53(40)44(55)30-11-17-34(18-12-30)47-27-60-59-2;;/h7-10,15-16,21-22,25-27,30-31,34-35,40-41H,3-6,11-14,17-20,23-24H2,1-2H3,(H,48,57)(H,49,51)(H,50,52);2*1H2/t30?,31?,34?,35?,40-,41-;;/m0../s1. The second kappa shape index (κ2) is 20.0. The van der Waals surface area contributed by atoms with Gasteiger partial charge in [-0.25, -0.2) is 14.8 Å². The lowest BCUT2D eigenvalue weighted by atomic mass is 9.85. The van der Waals surface area contributed by atoms with E-state index in [0.29, 0.717) is 0 Å². The van der Waals surface area contributed by atoms with E-state index in [9.17, 15) is 14.4 Å². The third-order valence-electron chi connectivity index (χ3n) is 13.3. The molecule has 4 aliphatic rings. The van der Waals surface area contributed by atoms with Crippen molar-refractivity contribution in [1.82, 2.24) is 35.1 Å². The molecule has 0 unspecified atom stereocenters. The summed E-state index contributed by atoms with van der Waals surface area (Å²) in [5, 5.41) is 2.88. The molecule has 5 aromatic rings. The van der Waals surface area contributed by atoms with Gasteiger partial charge in [-0.15, -0.1) is 0 Å². The first kappa shape index (κ1) is 45.0. The van der Waals surface area contributed by atoms with Crippen molar-refractivity contribution in [2.24, 2.45) is 16.8 Å². The molecule has 14 nitrogen and oxygen atoms in total. The van der Waals surface area contributed by atoms with Gasteiger partial charge in [-0.1, -0.05) is 36.4 Å². The van der Waals surface area contributed by atoms with Gasteiger partial charge in [0.05, 0.1) is 54.4 Å². The Labute approximate surface area is 375 Å². The maximum absolute atomic E-state index is 13.7. The van der Waals surface area contributed by atoms with Gasteiger partial charge < -0.3 is 34.7 Å². The van der Waals surface area contributed by atoms with Gasteiger partial charge in [-0.05, 0) is 124 Å². The van der Waals surface area contributed by atoms with Gasteiger partial charge in [0.2, 0.25) is 18.2 Å². The van der Waals surface area contributed by atoms with Crippen LogP contribution in [0.1, 0.15) is 101 Å². The van der Waals surface area contributed by atoms with Crippen LogP contribution in [0.5, 0.6) is 0 Å². The lowest BCUT2D eigenvalue weighted by Gasteiger charge is -2.32. The number of methoxy groups -OCH3 is 1. The average Bonchev–Trinajstić information content (AvgIpc) is 4.12. The number of ether oxygens (including phenoxy) is 1. The highest BCUT2D eigenvalue weighted by Crippen LogP contribution is 2.38. The molecule has 330 valence electrons. The summed E-state index contributed by atoms with van der Waals surface area (Å²) >= 11 is 0. The maximum atomic E-state index is 13.7. The summed E-state index contributed by atoms with van der Waals surface area (Å²) in [4.78, 5) is 74.1.